The topological polar surface area (TPSA) is 90.1 Å². The van der Waals surface area contributed by atoms with Gasteiger partial charge in [0.1, 0.15) is 0 Å². The first-order valence-electron chi connectivity index (χ1n) is 8.11. The number of amides is 1. The summed E-state index contributed by atoms with van der Waals surface area (Å²) in [5, 5.41) is 18.3. The summed E-state index contributed by atoms with van der Waals surface area (Å²) in [6.45, 7) is 3.67. The van der Waals surface area contributed by atoms with E-state index in [-0.39, 0.29) is 18.1 Å². The summed E-state index contributed by atoms with van der Waals surface area (Å²) in [6.07, 6.45) is 0. The van der Waals surface area contributed by atoms with Crippen molar-refractivity contribution in [1.29, 1.82) is 0 Å². The molecule has 0 aliphatic rings. The fraction of sp³-hybridized carbons (Fsp3) is 0.158. The lowest BCUT2D eigenvalue weighted by Gasteiger charge is -2.07. The SMILES string of the molecule is Cc1nn(-c2ccccc2)c(C)c1C(=O)NCc1ccccc1[N+](=O)[O-]. The molecule has 0 aliphatic carbocycles. The second-order valence-corrected chi connectivity index (χ2v) is 5.86. The lowest BCUT2D eigenvalue weighted by atomic mass is 10.1. The number of nitrogens with zero attached hydrogens (tertiary/aromatic N) is 3. The minimum Gasteiger partial charge on any atom is -0.348 e. The monoisotopic (exact) mass is 350 g/mol. The fourth-order valence-corrected chi connectivity index (χ4v) is 2.89. The third-order valence-corrected chi connectivity index (χ3v) is 4.15. The molecule has 0 atom stereocenters. The van der Waals surface area contributed by atoms with Crippen LogP contribution in [0.25, 0.3) is 5.69 Å². The van der Waals surface area contributed by atoms with E-state index < -0.39 is 4.92 Å². The van der Waals surface area contributed by atoms with E-state index in [0.29, 0.717) is 22.5 Å². The Balaban J connectivity index is 1.84. The van der Waals surface area contributed by atoms with Crippen molar-refractivity contribution in [3.05, 3.63) is 87.2 Å². The van der Waals surface area contributed by atoms with E-state index in [1.807, 2.05) is 37.3 Å². The highest BCUT2D eigenvalue weighted by Gasteiger charge is 2.20. The number of nitro benzene ring substituents is 1. The number of para-hydroxylation sites is 2. The van der Waals surface area contributed by atoms with Gasteiger partial charge in [0.05, 0.1) is 27.6 Å². The molecule has 0 unspecified atom stereocenters. The fourth-order valence-electron chi connectivity index (χ4n) is 2.89. The minimum absolute atomic E-state index is 0.0128. The molecule has 7 nitrogen and oxygen atoms in total. The number of carbonyl (C=O) groups is 1. The number of carbonyl (C=O) groups excluding carboxylic acids is 1. The van der Waals surface area contributed by atoms with Gasteiger partial charge in [-0.1, -0.05) is 36.4 Å². The molecule has 1 heterocycles. The van der Waals surface area contributed by atoms with Crippen LogP contribution in [0.4, 0.5) is 5.69 Å². The lowest BCUT2D eigenvalue weighted by Crippen LogP contribution is -2.24. The van der Waals surface area contributed by atoms with Crippen LogP contribution in [0.1, 0.15) is 27.3 Å². The second-order valence-electron chi connectivity index (χ2n) is 5.86. The van der Waals surface area contributed by atoms with Crippen molar-refractivity contribution in [1.82, 2.24) is 15.1 Å². The molecular weight excluding hydrogens is 332 g/mol. The van der Waals surface area contributed by atoms with Gasteiger partial charge in [-0.05, 0) is 26.0 Å². The van der Waals surface area contributed by atoms with Gasteiger partial charge in [-0.25, -0.2) is 4.68 Å². The summed E-state index contributed by atoms with van der Waals surface area (Å²) >= 11 is 0. The molecule has 7 heteroatoms. The van der Waals surface area contributed by atoms with E-state index in [1.165, 1.54) is 6.07 Å². The Kier molecular flexibility index (Phi) is 4.79. The van der Waals surface area contributed by atoms with Gasteiger partial charge in [-0.15, -0.1) is 0 Å². The first-order valence-corrected chi connectivity index (χ1v) is 8.11. The maximum Gasteiger partial charge on any atom is 0.274 e. The van der Waals surface area contributed by atoms with Crippen molar-refractivity contribution >= 4 is 11.6 Å². The Morgan fingerprint density at radius 2 is 1.77 bits per heavy atom. The third kappa shape index (κ3) is 3.32. The van der Waals surface area contributed by atoms with Crippen molar-refractivity contribution in [3.63, 3.8) is 0 Å². The van der Waals surface area contributed by atoms with E-state index in [9.17, 15) is 14.9 Å². The Labute approximate surface area is 150 Å². The average Bonchev–Trinajstić information content (AvgIpc) is 2.95. The molecule has 1 N–H and O–H groups in total. The molecule has 132 valence electrons. The smallest absolute Gasteiger partial charge is 0.274 e. The van der Waals surface area contributed by atoms with Gasteiger partial charge in [-0.3, -0.25) is 14.9 Å². The molecule has 26 heavy (non-hydrogen) atoms. The van der Waals surface area contributed by atoms with Crippen molar-refractivity contribution < 1.29 is 9.72 Å². The van der Waals surface area contributed by atoms with Crippen molar-refractivity contribution in [2.24, 2.45) is 0 Å². The summed E-state index contributed by atoms with van der Waals surface area (Å²) in [5.74, 6) is -0.305. The second kappa shape index (κ2) is 7.18. The molecule has 1 amide bonds. The summed E-state index contributed by atoms with van der Waals surface area (Å²) in [7, 11) is 0. The normalized spacial score (nSPS) is 10.5. The molecule has 0 radical (unpaired) electrons. The number of hydrogen-bond donors (Lipinski definition) is 1. The molecule has 0 saturated heterocycles. The average molecular weight is 350 g/mol. The van der Waals surface area contributed by atoms with Crippen molar-refractivity contribution in [2.75, 3.05) is 0 Å². The van der Waals surface area contributed by atoms with E-state index >= 15 is 0 Å². The van der Waals surface area contributed by atoms with Crippen LogP contribution in [-0.4, -0.2) is 20.6 Å². The standard InChI is InChI=1S/C19H18N4O3/c1-13-18(14(2)22(21-13)16-9-4-3-5-10-16)19(24)20-12-15-8-6-7-11-17(15)23(25)26/h3-11H,12H2,1-2H3,(H,20,24). The zero-order valence-electron chi connectivity index (χ0n) is 14.5. The van der Waals surface area contributed by atoms with Crippen LogP contribution < -0.4 is 5.32 Å². The van der Waals surface area contributed by atoms with E-state index in [0.717, 1.165) is 5.69 Å². The molecular formula is C19H18N4O3. The van der Waals surface area contributed by atoms with Gasteiger partial charge in [0.15, 0.2) is 0 Å². The molecule has 3 rings (SSSR count). The van der Waals surface area contributed by atoms with Gasteiger partial charge in [0, 0.05) is 18.2 Å². The van der Waals surface area contributed by atoms with Crippen LogP contribution in [-0.2, 0) is 6.54 Å². The van der Waals surface area contributed by atoms with Gasteiger partial charge >= 0.3 is 0 Å². The largest absolute Gasteiger partial charge is 0.348 e. The molecule has 0 fully saturated rings. The molecule has 3 aromatic rings. The van der Waals surface area contributed by atoms with Gasteiger partial charge < -0.3 is 5.32 Å². The maximum absolute atomic E-state index is 12.7. The number of nitrogens with one attached hydrogen (secondary N) is 1. The summed E-state index contributed by atoms with van der Waals surface area (Å²) in [5.41, 5.74) is 3.11. The number of aryl methyl sites for hydroxylation is 1. The van der Waals surface area contributed by atoms with Crippen molar-refractivity contribution in [2.45, 2.75) is 20.4 Å². The third-order valence-electron chi connectivity index (χ3n) is 4.15. The van der Waals surface area contributed by atoms with Crippen LogP contribution in [0.3, 0.4) is 0 Å². The molecule has 0 bridgehead atoms. The van der Waals surface area contributed by atoms with Gasteiger partial charge in [0.25, 0.3) is 11.6 Å². The van der Waals surface area contributed by atoms with E-state index in [4.69, 9.17) is 0 Å². The molecule has 2 aromatic carbocycles. The summed E-state index contributed by atoms with van der Waals surface area (Å²) < 4.78 is 1.72. The zero-order valence-corrected chi connectivity index (χ0v) is 14.5. The number of nitro groups is 1. The highest BCUT2D eigenvalue weighted by Crippen LogP contribution is 2.20. The number of hydrogen-bond acceptors (Lipinski definition) is 4. The van der Waals surface area contributed by atoms with Crippen LogP contribution in [0.5, 0.6) is 0 Å². The molecule has 0 aliphatic heterocycles. The van der Waals surface area contributed by atoms with Crippen LogP contribution >= 0.6 is 0 Å². The molecule has 0 spiro atoms. The Morgan fingerprint density at radius 3 is 2.46 bits per heavy atom. The predicted octanol–water partition coefficient (Wildman–Crippen LogP) is 3.33. The Hall–Kier alpha value is -3.48. The minimum atomic E-state index is -0.453. The number of benzene rings is 2. The Morgan fingerprint density at radius 1 is 1.12 bits per heavy atom. The summed E-state index contributed by atoms with van der Waals surface area (Å²) in [6, 6.07) is 15.9. The molecule has 1 aromatic heterocycles. The number of rotatable bonds is 5. The van der Waals surface area contributed by atoms with Gasteiger partial charge in [0.2, 0.25) is 0 Å². The lowest BCUT2D eigenvalue weighted by molar-refractivity contribution is -0.385. The predicted molar refractivity (Wildman–Crippen MR) is 97.3 cm³/mol. The van der Waals surface area contributed by atoms with Crippen LogP contribution in [0.15, 0.2) is 54.6 Å². The van der Waals surface area contributed by atoms with Gasteiger partial charge in [-0.2, -0.15) is 5.10 Å². The number of aromatic nitrogens is 2. The van der Waals surface area contributed by atoms with Crippen LogP contribution in [0.2, 0.25) is 0 Å². The van der Waals surface area contributed by atoms with E-state index in [2.05, 4.69) is 10.4 Å². The first-order chi connectivity index (χ1) is 12.5. The quantitative estimate of drug-likeness (QED) is 0.564. The zero-order chi connectivity index (χ0) is 18.7. The molecule has 0 saturated carbocycles. The highest BCUT2D eigenvalue weighted by atomic mass is 16.6. The Bertz CT molecular complexity index is 964. The van der Waals surface area contributed by atoms with Crippen molar-refractivity contribution in [3.8, 4) is 5.69 Å². The summed E-state index contributed by atoms with van der Waals surface area (Å²) in [4.78, 5) is 23.3. The van der Waals surface area contributed by atoms with E-state index in [1.54, 1.807) is 29.8 Å². The van der Waals surface area contributed by atoms with Crippen LogP contribution in [0, 0.1) is 24.0 Å². The maximum atomic E-state index is 12.7. The first kappa shape index (κ1) is 17.3. The highest BCUT2D eigenvalue weighted by molar-refractivity contribution is 5.96.